The zero-order chi connectivity index (χ0) is 18.2. The van der Waals surface area contributed by atoms with Crippen LogP contribution in [-0.4, -0.2) is 49.8 Å². The van der Waals surface area contributed by atoms with Crippen molar-refractivity contribution in [1.82, 2.24) is 9.21 Å². The maximum Gasteiger partial charge on any atom is 0.243 e. The molecule has 4 nitrogen and oxygen atoms in total. The molecule has 0 spiro atoms. The molecule has 0 bridgehead atoms. The summed E-state index contributed by atoms with van der Waals surface area (Å²) in [4.78, 5) is 2.76. The number of nitrogens with zero attached hydrogens (tertiary/aromatic N) is 2. The molecule has 148 valence electrons. The van der Waals surface area contributed by atoms with Gasteiger partial charge in [0.2, 0.25) is 10.0 Å². The summed E-state index contributed by atoms with van der Waals surface area (Å²) in [6, 6.07) is 5.05. The number of likely N-dealkylation sites (tertiary alicyclic amines) is 1. The molecule has 26 heavy (non-hydrogen) atoms. The van der Waals surface area contributed by atoms with Crippen LogP contribution in [0, 0.1) is 5.92 Å². The first-order valence-electron chi connectivity index (χ1n) is 8.96. The Balaban J connectivity index is 0.00000243. The van der Waals surface area contributed by atoms with Crippen molar-refractivity contribution in [3.05, 3.63) is 28.2 Å². The fourth-order valence-corrected chi connectivity index (χ4v) is 5.78. The fraction of sp³-hybridized carbons (Fsp3) is 0.667. The molecule has 1 saturated heterocycles. The SMILES string of the molecule is CC1CCN([C@H]2CC[C@@H](N(C)S(=O)(=O)c3ccc(Cl)c(Cl)c3)C2)CC1.Cl. The molecule has 8 heteroatoms. The van der Waals surface area contributed by atoms with Gasteiger partial charge in [0.1, 0.15) is 0 Å². The molecule has 1 aliphatic heterocycles. The summed E-state index contributed by atoms with van der Waals surface area (Å²) in [7, 11) is -1.87. The van der Waals surface area contributed by atoms with E-state index in [-0.39, 0.29) is 28.4 Å². The molecule has 2 atom stereocenters. The lowest BCUT2D eigenvalue weighted by atomic mass is 9.97. The summed E-state index contributed by atoms with van der Waals surface area (Å²) in [5.41, 5.74) is 0. The van der Waals surface area contributed by atoms with Gasteiger partial charge in [0, 0.05) is 19.1 Å². The lowest BCUT2D eigenvalue weighted by Gasteiger charge is -2.35. The second kappa shape index (κ2) is 8.97. The third kappa shape index (κ3) is 4.68. The number of hydrogen-bond donors (Lipinski definition) is 0. The molecule has 0 aromatic heterocycles. The number of halogens is 3. The van der Waals surface area contributed by atoms with Crippen molar-refractivity contribution in [1.29, 1.82) is 0 Å². The highest BCUT2D eigenvalue weighted by Gasteiger charge is 2.37. The maximum absolute atomic E-state index is 12.9. The Morgan fingerprint density at radius 3 is 2.35 bits per heavy atom. The second-order valence-electron chi connectivity index (χ2n) is 7.44. The fourth-order valence-electron chi connectivity index (χ4n) is 3.99. The van der Waals surface area contributed by atoms with E-state index in [0.717, 1.165) is 38.3 Å². The first kappa shape index (κ1) is 22.3. The van der Waals surface area contributed by atoms with Crippen molar-refractivity contribution < 1.29 is 8.42 Å². The zero-order valence-corrected chi connectivity index (χ0v) is 18.3. The van der Waals surface area contributed by atoms with Crippen LogP contribution in [-0.2, 0) is 10.0 Å². The third-order valence-electron chi connectivity index (χ3n) is 5.79. The zero-order valence-electron chi connectivity index (χ0n) is 15.2. The van der Waals surface area contributed by atoms with Gasteiger partial charge in [-0.25, -0.2) is 8.42 Å². The average Bonchev–Trinajstić information content (AvgIpc) is 3.07. The van der Waals surface area contributed by atoms with Crippen LogP contribution in [0.15, 0.2) is 23.1 Å². The van der Waals surface area contributed by atoms with Crippen molar-refractivity contribution in [2.24, 2.45) is 5.92 Å². The van der Waals surface area contributed by atoms with Gasteiger partial charge in [-0.15, -0.1) is 12.4 Å². The predicted octanol–water partition coefficient (Wildman–Crippen LogP) is 4.69. The monoisotopic (exact) mass is 440 g/mol. The third-order valence-corrected chi connectivity index (χ3v) is 8.44. The lowest BCUT2D eigenvalue weighted by molar-refractivity contribution is 0.136. The van der Waals surface area contributed by atoms with E-state index in [4.69, 9.17) is 23.2 Å². The van der Waals surface area contributed by atoms with Crippen LogP contribution >= 0.6 is 35.6 Å². The van der Waals surface area contributed by atoms with Gasteiger partial charge < -0.3 is 4.90 Å². The number of hydrogen-bond acceptors (Lipinski definition) is 3. The summed E-state index contributed by atoms with van der Waals surface area (Å²) in [5.74, 6) is 0.811. The van der Waals surface area contributed by atoms with Gasteiger partial charge in [0.25, 0.3) is 0 Å². The van der Waals surface area contributed by atoms with Crippen LogP contribution in [0.2, 0.25) is 10.0 Å². The molecular weight excluding hydrogens is 415 g/mol. The van der Waals surface area contributed by atoms with Crippen LogP contribution in [0.5, 0.6) is 0 Å². The van der Waals surface area contributed by atoms with E-state index < -0.39 is 10.0 Å². The molecule has 0 radical (unpaired) electrons. The Bertz CT molecular complexity index is 721. The highest BCUT2D eigenvalue weighted by molar-refractivity contribution is 7.89. The molecule has 2 fully saturated rings. The van der Waals surface area contributed by atoms with Gasteiger partial charge in [-0.1, -0.05) is 30.1 Å². The highest BCUT2D eigenvalue weighted by atomic mass is 35.5. The van der Waals surface area contributed by atoms with Crippen molar-refractivity contribution in [3.63, 3.8) is 0 Å². The number of benzene rings is 1. The van der Waals surface area contributed by atoms with Gasteiger partial charge in [-0.05, 0) is 69.3 Å². The maximum atomic E-state index is 12.9. The minimum Gasteiger partial charge on any atom is -0.300 e. The average molecular weight is 442 g/mol. The Morgan fingerprint density at radius 1 is 1.08 bits per heavy atom. The molecule has 3 rings (SSSR count). The molecule has 1 aromatic carbocycles. The van der Waals surface area contributed by atoms with Gasteiger partial charge in [-0.3, -0.25) is 0 Å². The lowest BCUT2D eigenvalue weighted by Crippen LogP contribution is -2.41. The molecule has 1 saturated carbocycles. The summed E-state index contributed by atoms with van der Waals surface area (Å²) in [6.45, 7) is 4.59. The molecule has 1 aliphatic carbocycles. The summed E-state index contributed by atoms with van der Waals surface area (Å²) in [6.07, 6.45) is 5.39. The van der Waals surface area contributed by atoms with Crippen LogP contribution in [0.3, 0.4) is 0 Å². The first-order chi connectivity index (χ1) is 11.8. The van der Waals surface area contributed by atoms with Gasteiger partial charge in [0.15, 0.2) is 0 Å². The standard InChI is InChI=1S/C18H26Cl2N2O2S.ClH/c1-13-7-9-22(10-8-13)15-4-3-14(11-15)21(2)25(23,24)16-5-6-17(19)18(20)12-16;/h5-6,12-15H,3-4,7-11H2,1-2H3;1H/t14-,15+;/m1./s1. The highest BCUT2D eigenvalue weighted by Crippen LogP contribution is 2.33. The van der Waals surface area contributed by atoms with E-state index in [9.17, 15) is 8.42 Å². The molecule has 1 heterocycles. The van der Waals surface area contributed by atoms with Crippen LogP contribution in [0.1, 0.15) is 39.0 Å². The number of rotatable bonds is 4. The second-order valence-corrected chi connectivity index (χ2v) is 10.2. The predicted molar refractivity (Wildman–Crippen MR) is 110 cm³/mol. The Kier molecular flexibility index (Phi) is 7.68. The first-order valence-corrected chi connectivity index (χ1v) is 11.2. The van der Waals surface area contributed by atoms with Gasteiger partial charge in [-0.2, -0.15) is 4.31 Å². The summed E-state index contributed by atoms with van der Waals surface area (Å²) >= 11 is 11.9. The van der Waals surface area contributed by atoms with Crippen LogP contribution < -0.4 is 0 Å². The van der Waals surface area contributed by atoms with E-state index in [2.05, 4.69) is 11.8 Å². The van der Waals surface area contributed by atoms with Crippen LogP contribution in [0.25, 0.3) is 0 Å². The Morgan fingerprint density at radius 2 is 1.73 bits per heavy atom. The van der Waals surface area contributed by atoms with Crippen molar-refractivity contribution >= 4 is 45.6 Å². The summed E-state index contributed by atoms with van der Waals surface area (Å²) in [5, 5.41) is 0.631. The number of sulfonamides is 1. The van der Waals surface area contributed by atoms with E-state index >= 15 is 0 Å². The van der Waals surface area contributed by atoms with Crippen molar-refractivity contribution in [3.8, 4) is 0 Å². The van der Waals surface area contributed by atoms with Gasteiger partial charge >= 0.3 is 0 Å². The van der Waals surface area contributed by atoms with Crippen LogP contribution in [0.4, 0.5) is 0 Å². The molecule has 0 N–H and O–H groups in total. The molecule has 1 aromatic rings. The molecular formula is C18H27Cl3N2O2S. The minimum absolute atomic E-state index is 0. The largest absolute Gasteiger partial charge is 0.300 e. The van der Waals surface area contributed by atoms with Crippen molar-refractivity contribution in [2.45, 2.75) is 56.0 Å². The van der Waals surface area contributed by atoms with Crippen molar-refractivity contribution in [2.75, 3.05) is 20.1 Å². The minimum atomic E-state index is -3.55. The van der Waals surface area contributed by atoms with E-state index in [1.165, 1.54) is 35.3 Å². The topological polar surface area (TPSA) is 40.6 Å². The quantitative estimate of drug-likeness (QED) is 0.680. The van der Waals surface area contributed by atoms with Gasteiger partial charge in [0.05, 0.1) is 14.9 Å². The Hall–Kier alpha value is -0.0400. The van der Waals surface area contributed by atoms with E-state index in [1.807, 2.05) is 0 Å². The Labute approximate surface area is 173 Å². The number of piperidine rings is 1. The molecule has 0 unspecified atom stereocenters. The smallest absolute Gasteiger partial charge is 0.243 e. The summed E-state index contributed by atoms with van der Waals surface area (Å²) < 4.78 is 27.4. The normalized spacial score (nSPS) is 25.4. The van der Waals surface area contributed by atoms with E-state index in [1.54, 1.807) is 7.05 Å². The molecule has 0 amide bonds. The van der Waals surface area contributed by atoms with E-state index in [0.29, 0.717) is 11.1 Å². The molecule has 2 aliphatic rings.